The topological polar surface area (TPSA) is 114 Å². The molecule has 0 saturated carbocycles. The summed E-state index contributed by atoms with van der Waals surface area (Å²) < 4.78 is 21.2. The van der Waals surface area contributed by atoms with Gasteiger partial charge in [0.25, 0.3) is 0 Å². The molecule has 0 rings (SSSR count). The quantitative estimate of drug-likeness (QED) is 0.244. The van der Waals surface area contributed by atoms with Gasteiger partial charge in [0, 0.05) is 25.4 Å². The zero-order chi connectivity index (χ0) is 21.4. The van der Waals surface area contributed by atoms with Crippen molar-refractivity contribution in [1.29, 1.82) is 0 Å². The van der Waals surface area contributed by atoms with Gasteiger partial charge in [0.1, 0.15) is 0 Å². The Hall–Kier alpha value is -0.950. The molecular formula is C19H39N2O6P. The van der Waals surface area contributed by atoms with E-state index in [0.29, 0.717) is 25.9 Å². The monoisotopic (exact) mass is 422 g/mol. The molecule has 28 heavy (non-hydrogen) atoms. The van der Waals surface area contributed by atoms with Crippen molar-refractivity contribution >= 4 is 19.6 Å². The summed E-state index contributed by atoms with van der Waals surface area (Å²) in [6, 6.07) is 0. The molecule has 0 spiro atoms. The van der Waals surface area contributed by atoms with Gasteiger partial charge in [-0.1, -0.05) is 33.1 Å². The molecule has 1 atom stereocenters. The third-order valence-corrected chi connectivity index (χ3v) is 5.09. The second-order valence-electron chi connectivity index (χ2n) is 7.48. The summed E-state index contributed by atoms with van der Waals surface area (Å²) in [6.07, 6.45) is 6.09. The van der Waals surface area contributed by atoms with Crippen LogP contribution in [0, 0.1) is 5.92 Å². The molecule has 0 bridgehead atoms. The number of phosphoric ester groups is 1. The summed E-state index contributed by atoms with van der Waals surface area (Å²) in [4.78, 5) is 32.5. The summed E-state index contributed by atoms with van der Waals surface area (Å²) >= 11 is 0. The summed E-state index contributed by atoms with van der Waals surface area (Å²) in [6.45, 7) is 8.57. The Labute approximate surface area is 169 Å². The molecule has 0 aliphatic carbocycles. The number of rotatable bonds is 17. The fourth-order valence-electron chi connectivity index (χ4n) is 2.38. The van der Waals surface area contributed by atoms with Crippen LogP contribution in [0.2, 0.25) is 0 Å². The molecule has 0 aromatic carbocycles. The van der Waals surface area contributed by atoms with Crippen LogP contribution >= 0.6 is 7.82 Å². The number of unbranched alkanes of at least 4 members (excludes halogenated alkanes) is 5. The number of nitrogens with one attached hydrogen (secondary N) is 2. The van der Waals surface area contributed by atoms with Gasteiger partial charge in [0.2, 0.25) is 11.8 Å². The molecule has 0 aliphatic heterocycles. The molecule has 3 N–H and O–H groups in total. The maximum Gasteiger partial charge on any atom is 0.472 e. The summed E-state index contributed by atoms with van der Waals surface area (Å²) in [5.41, 5.74) is 0. The van der Waals surface area contributed by atoms with Gasteiger partial charge in [-0.3, -0.25) is 18.6 Å². The summed E-state index contributed by atoms with van der Waals surface area (Å²) in [5, 5.41) is 5.76. The normalized spacial score (nSPS) is 13.5. The van der Waals surface area contributed by atoms with Gasteiger partial charge in [-0.25, -0.2) is 4.57 Å². The molecule has 0 radical (unpaired) electrons. The fraction of sp³-hybridized carbons (Fsp3) is 0.895. The minimum Gasteiger partial charge on any atom is -0.356 e. The van der Waals surface area contributed by atoms with Crippen molar-refractivity contribution in [1.82, 2.24) is 10.6 Å². The molecule has 166 valence electrons. The molecular weight excluding hydrogens is 383 g/mol. The van der Waals surface area contributed by atoms with E-state index >= 15 is 0 Å². The van der Waals surface area contributed by atoms with E-state index in [0.717, 1.165) is 38.5 Å². The summed E-state index contributed by atoms with van der Waals surface area (Å²) in [5.74, 6) is 0.133. The number of hydrogen-bond donors (Lipinski definition) is 3. The van der Waals surface area contributed by atoms with Gasteiger partial charge < -0.3 is 15.5 Å². The highest BCUT2D eigenvalue weighted by molar-refractivity contribution is 7.47. The second-order valence-corrected chi connectivity index (χ2v) is 8.88. The predicted octanol–water partition coefficient (Wildman–Crippen LogP) is 3.54. The minimum absolute atomic E-state index is 0.00796. The Bertz CT molecular complexity index is 485. The number of carbonyl (C=O) groups is 2. The average Bonchev–Trinajstić information content (AvgIpc) is 2.58. The molecule has 0 fully saturated rings. The lowest BCUT2D eigenvalue weighted by Crippen LogP contribution is -2.28. The Morgan fingerprint density at radius 3 is 2.07 bits per heavy atom. The van der Waals surface area contributed by atoms with Crippen LogP contribution in [0.3, 0.4) is 0 Å². The molecule has 0 aromatic heterocycles. The van der Waals surface area contributed by atoms with E-state index in [1.54, 1.807) is 13.8 Å². The van der Waals surface area contributed by atoms with Crippen molar-refractivity contribution < 1.29 is 28.1 Å². The zero-order valence-electron chi connectivity index (χ0n) is 17.9. The van der Waals surface area contributed by atoms with E-state index < -0.39 is 7.82 Å². The SMILES string of the molecule is CC(C)OP(=O)(O)OCCCCCCNC(=O)CCCCCNC(=O)C(C)C. The first-order chi connectivity index (χ1) is 13.1. The van der Waals surface area contributed by atoms with Crippen LogP contribution < -0.4 is 10.6 Å². The lowest BCUT2D eigenvalue weighted by Gasteiger charge is -2.14. The molecule has 0 aliphatic rings. The molecule has 0 heterocycles. The first-order valence-corrected chi connectivity index (χ1v) is 11.8. The van der Waals surface area contributed by atoms with Gasteiger partial charge in [-0.15, -0.1) is 0 Å². The van der Waals surface area contributed by atoms with E-state index in [4.69, 9.17) is 9.05 Å². The zero-order valence-corrected chi connectivity index (χ0v) is 18.8. The van der Waals surface area contributed by atoms with E-state index in [1.165, 1.54) is 0 Å². The smallest absolute Gasteiger partial charge is 0.356 e. The lowest BCUT2D eigenvalue weighted by atomic mass is 10.1. The first-order valence-electron chi connectivity index (χ1n) is 10.3. The number of carbonyl (C=O) groups excluding carboxylic acids is 2. The molecule has 0 aromatic rings. The van der Waals surface area contributed by atoms with Crippen LogP contribution in [0.15, 0.2) is 0 Å². The van der Waals surface area contributed by atoms with E-state index in [-0.39, 0.29) is 30.4 Å². The van der Waals surface area contributed by atoms with E-state index in [1.807, 2.05) is 13.8 Å². The minimum atomic E-state index is -3.93. The van der Waals surface area contributed by atoms with Gasteiger partial charge in [0.05, 0.1) is 12.7 Å². The molecule has 9 heteroatoms. The largest absolute Gasteiger partial charge is 0.472 e. The van der Waals surface area contributed by atoms with Crippen LogP contribution in [0.4, 0.5) is 0 Å². The molecule has 8 nitrogen and oxygen atoms in total. The third-order valence-electron chi connectivity index (χ3n) is 3.90. The van der Waals surface area contributed by atoms with Crippen LogP contribution in [0.25, 0.3) is 0 Å². The molecule has 1 unspecified atom stereocenters. The molecule has 2 amide bonds. The Balaban J connectivity index is 3.44. The van der Waals surface area contributed by atoms with Gasteiger partial charge in [0.15, 0.2) is 0 Å². The molecule has 0 saturated heterocycles. The third kappa shape index (κ3) is 17.2. The van der Waals surface area contributed by atoms with Crippen LogP contribution in [0.1, 0.15) is 79.1 Å². The van der Waals surface area contributed by atoms with E-state index in [9.17, 15) is 19.0 Å². The Morgan fingerprint density at radius 1 is 0.893 bits per heavy atom. The highest BCUT2D eigenvalue weighted by atomic mass is 31.2. The Kier molecular flexibility index (Phi) is 15.4. The van der Waals surface area contributed by atoms with E-state index in [2.05, 4.69) is 10.6 Å². The maximum atomic E-state index is 11.7. The van der Waals surface area contributed by atoms with Crippen LogP contribution in [-0.2, 0) is 23.2 Å². The Morgan fingerprint density at radius 2 is 1.46 bits per heavy atom. The standard InChI is InChI=1S/C19H39N2O6P/c1-16(2)19(23)21-14-10-7-8-12-18(22)20-13-9-5-6-11-15-26-28(24,25)27-17(3)4/h16-17H,5-15H2,1-4H3,(H,20,22)(H,21,23)(H,24,25). The average molecular weight is 423 g/mol. The second kappa shape index (κ2) is 15.9. The highest BCUT2D eigenvalue weighted by Crippen LogP contribution is 2.44. The number of amides is 2. The predicted molar refractivity (Wildman–Crippen MR) is 110 cm³/mol. The fourth-order valence-corrected chi connectivity index (χ4v) is 3.33. The van der Waals surface area contributed by atoms with Gasteiger partial charge in [-0.05, 0) is 39.5 Å². The van der Waals surface area contributed by atoms with Crippen LogP contribution in [-0.4, -0.2) is 42.5 Å². The van der Waals surface area contributed by atoms with Gasteiger partial charge in [-0.2, -0.15) is 0 Å². The van der Waals surface area contributed by atoms with Crippen molar-refractivity contribution in [2.45, 2.75) is 85.2 Å². The number of hydrogen-bond acceptors (Lipinski definition) is 5. The van der Waals surface area contributed by atoms with Crippen molar-refractivity contribution in [2.24, 2.45) is 5.92 Å². The van der Waals surface area contributed by atoms with Crippen molar-refractivity contribution in [2.75, 3.05) is 19.7 Å². The first kappa shape index (κ1) is 27.0. The summed E-state index contributed by atoms with van der Waals surface area (Å²) in [7, 11) is -3.93. The lowest BCUT2D eigenvalue weighted by molar-refractivity contribution is -0.124. The van der Waals surface area contributed by atoms with Crippen LogP contribution in [0.5, 0.6) is 0 Å². The van der Waals surface area contributed by atoms with Gasteiger partial charge >= 0.3 is 7.82 Å². The highest BCUT2D eigenvalue weighted by Gasteiger charge is 2.21. The van der Waals surface area contributed by atoms with Crippen molar-refractivity contribution in [3.63, 3.8) is 0 Å². The van der Waals surface area contributed by atoms with Crippen molar-refractivity contribution in [3.05, 3.63) is 0 Å². The maximum absolute atomic E-state index is 11.7. The number of phosphoric acid groups is 1. The van der Waals surface area contributed by atoms with Crippen molar-refractivity contribution in [3.8, 4) is 0 Å².